The molecule has 2 aliphatic heterocycles. The predicted molar refractivity (Wildman–Crippen MR) is 101 cm³/mol. The minimum Gasteiger partial charge on any atom is -0.438 e. The number of cyclic esters (lactones) is 1. The van der Waals surface area contributed by atoms with Gasteiger partial charge in [-0.05, 0) is 79.1 Å². The first-order chi connectivity index (χ1) is 11.8. The Morgan fingerprint density at radius 2 is 1.69 bits per heavy atom. The molecule has 146 valence electrons. The van der Waals surface area contributed by atoms with Crippen molar-refractivity contribution in [2.75, 3.05) is 0 Å². The number of hydrogen-bond donors (Lipinski definition) is 2. The fourth-order valence-corrected chi connectivity index (χ4v) is 6.54. The van der Waals surface area contributed by atoms with Crippen molar-refractivity contribution in [2.24, 2.45) is 17.8 Å². The summed E-state index contributed by atoms with van der Waals surface area (Å²) in [6.07, 6.45) is 7.91. The Kier molecular flexibility index (Phi) is 3.70. The molecule has 2 bridgehead atoms. The molecular formula is C21H34N2O3. The van der Waals surface area contributed by atoms with Crippen molar-refractivity contribution in [3.05, 3.63) is 12.2 Å². The van der Waals surface area contributed by atoms with E-state index < -0.39 is 11.3 Å². The number of amides is 1. The minimum absolute atomic E-state index is 0.0419. The third-order valence-corrected chi connectivity index (χ3v) is 7.43. The summed E-state index contributed by atoms with van der Waals surface area (Å²) in [6, 6.07) is -0.0419. The first kappa shape index (κ1) is 18.3. The zero-order valence-electron chi connectivity index (χ0n) is 17.0. The van der Waals surface area contributed by atoms with E-state index in [1.807, 2.05) is 6.92 Å². The number of allylic oxidation sites excluding steroid dienone is 2. The molecule has 2 aliphatic carbocycles. The van der Waals surface area contributed by atoms with Gasteiger partial charge in [0.2, 0.25) is 0 Å². The minimum atomic E-state index is -1.30. The maximum absolute atomic E-state index is 13.0. The molecule has 1 amide bonds. The molecule has 4 aliphatic rings. The summed E-state index contributed by atoms with van der Waals surface area (Å²) < 4.78 is 5.99. The van der Waals surface area contributed by atoms with Gasteiger partial charge in [0.05, 0.1) is 0 Å². The maximum Gasteiger partial charge on any atom is 0.413 e. The molecule has 26 heavy (non-hydrogen) atoms. The van der Waals surface area contributed by atoms with Gasteiger partial charge in [0.25, 0.3) is 0 Å². The first-order valence-electron chi connectivity index (χ1n) is 10.1. The van der Waals surface area contributed by atoms with Crippen LogP contribution in [-0.4, -0.2) is 44.5 Å². The molecule has 0 aromatic carbocycles. The summed E-state index contributed by atoms with van der Waals surface area (Å²) in [5.74, 6) is 1.16. The molecule has 0 spiro atoms. The molecule has 4 unspecified atom stereocenters. The Balaban J connectivity index is 1.66. The number of carbonyl (C=O) groups excluding carboxylic acids is 1. The lowest BCUT2D eigenvalue weighted by Gasteiger charge is -2.51. The average Bonchev–Trinajstić information content (AvgIpc) is 3.09. The van der Waals surface area contributed by atoms with Crippen LogP contribution in [0.25, 0.3) is 0 Å². The lowest BCUT2D eigenvalue weighted by Crippen LogP contribution is -2.67. The molecule has 1 saturated carbocycles. The van der Waals surface area contributed by atoms with Crippen molar-refractivity contribution in [1.82, 2.24) is 10.2 Å². The van der Waals surface area contributed by atoms with Crippen LogP contribution in [-0.2, 0) is 4.74 Å². The number of fused-ring (bicyclic) bond motifs is 2. The number of nitrogens with zero attached hydrogens (tertiary/aromatic N) is 1. The highest BCUT2D eigenvalue weighted by molar-refractivity contribution is 5.73. The fraction of sp³-hybridized carbons (Fsp3) is 0.857. The largest absolute Gasteiger partial charge is 0.438 e. The number of carbonyl (C=O) groups is 1. The van der Waals surface area contributed by atoms with E-state index in [1.165, 1.54) is 0 Å². The monoisotopic (exact) mass is 362 g/mol. The average molecular weight is 363 g/mol. The Labute approximate surface area is 157 Å². The molecule has 5 heteroatoms. The van der Waals surface area contributed by atoms with Crippen LogP contribution in [0.1, 0.15) is 67.2 Å². The predicted octanol–water partition coefficient (Wildman–Crippen LogP) is 3.43. The molecule has 0 aromatic rings. The zero-order chi connectivity index (χ0) is 19.1. The zero-order valence-corrected chi connectivity index (χ0v) is 17.0. The molecule has 0 aromatic heterocycles. The Hall–Kier alpha value is -1.07. The van der Waals surface area contributed by atoms with E-state index in [1.54, 1.807) is 11.8 Å². The van der Waals surface area contributed by atoms with Crippen LogP contribution < -0.4 is 5.32 Å². The summed E-state index contributed by atoms with van der Waals surface area (Å²) in [4.78, 5) is 14.7. The van der Waals surface area contributed by atoms with Gasteiger partial charge in [0.15, 0.2) is 11.3 Å². The van der Waals surface area contributed by atoms with Crippen LogP contribution >= 0.6 is 0 Å². The number of ether oxygens (including phenoxy) is 1. The summed E-state index contributed by atoms with van der Waals surface area (Å²) in [5.41, 5.74) is -2.37. The number of piperidine rings is 1. The van der Waals surface area contributed by atoms with Gasteiger partial charge in [-0.25, -0.2) is 4.79 Å². The number of rotatable bonds is 2. The van der Waals surface area contributed by atoms with Crippen LogP contribution in [0.4, 0.5) is 4.79 Å². The van der Waals surface area contributed by atoms with E-state index in [9.17, 15) is 9.90 Å². The highest BCUT2D eigenvalue weighted by Gasteiger charge is 2.67. The Morgan fingerprint density at radius 1 is 1.08 bits per heavy atom. The molecule has 0 radical (unpaired) electrons. The molecule has 5 atom stereocenters. The maximum atomic E-state index is 13.0. The summed E-state index contributed by atoms with van der Waals surface area (Å²) >= 11 is 0. The summed E-state index contributed by atoms with van der Waals surface area (Å²) in [5, 5.41) is 15.3. The lowest BCUT2D eigenvalue weighted by atomic mass is 9.72. The van der Waals surface area contributed by atoms with Gasteiger partial charge >= 0.3 is 6.09 Å². The number of hydrogen-bond acceptors (Lipinski definition) is 4. The van der Waals surface area contributed by atoms with Gasteiger partial charge < -0.3 is 15.2 Å². The van der Waals surface area contributed by atoms with Gasteiger partial charge in [-0.1, -0.05) is 12.2 Å². The van der Waals surface area contributed by atoms with Gasteiger partial charge in [-0.2, -0.15) is 0 Å². The van der Waals surface area contributed by atoms with Gasteiger partial charge in [0.1, 0.15) is 0 Å². The summed E-state index contributed by atoms with van der Waals surface area (Å²) in [6.45, 7) is 12.4. The van der Waals surface area contributed by atoms with E-state index in [-0.39, 0.29) is 29.1 Å². The molecule has 3 fully saturated rings. The third-order valence-electron chi connectivity index (χ3n) is 7.43. The van der Waals surface area contributed by atoms with Gasteiger partial charge in [-0.15, -0.1) is 0 Å². The van der Waals surface area contributed by atoms with Crippen LogP contribution in [0.15, 0.2) is 12.2 Å². The van der Waals surface area contributed by atoms with Crippen molar-refractivity contribution in [2.45, 2.75) is 95.7 Å². The summed E-state index contributed by atoms with van der Waals surface area (Å²) in [7, 11) is 0. The highest BCUT2D eigenvalue weighted by atomic mass is 16.6. The third kappa shape index (κ3) is 2.54. The fourth-order valence-electron chi connectivity index (χ4n) is 6.54. The van der Waals surface area contributed by atoms with Crippen LogP contribution in [0.2, 0.25) is 0 Å². The highest BCUT2D eigenvalue weighted by Crippen LogP contribution is 2.56. The van der Waals surface area contributed by atoms with Crippen molar-refractivity contribution in [1.29, 1.82) is 0 Å². The van der Waals surface area contributed by atoms with Crippen molar-refractivity contribution in [3.8, 4) is 0 Å². The second-order valence-electron chi connectivity index (χ2n) is 10.7. The van der Waals surface area contributed by atoms with E-state index >= 15 is 0 Å². The van der Waals surface area contributed by atoms with E-state index in [0.717, 1.165) is 25.7 Å². The molecule has 4 rings (SSSR count). The smallest absolute Gasteiger partial charge is 0.413 e. The molecule has 2 saturated heterocycles. The van der Waals surface area contributed by atoms with Crippen LogP contribution in [0.5, 0.6) is 0 Å². The van der Waals surface area contributed by atoms with Crippen molar-refractivity contribution >= 4 is 6.09 Å². The van der Waals surface area contributed by atoms with Crippen molar-refractivity contribution in [3.63, 3.8) is 0 Å². The van der Waals surface area contributed by atoms with Crippen LogP contribution in [0.3, 0.4) is 0 Å². The first-order valence-corrected chi connectivity index (χ1v) is 10.1. The topological polar surface area (TPSA) is 61.8 Å². The van der Waals surface area contributed by atoms with Gasteiger partial charge in [0, 0.05) is 23.0 Å². The molecule has 2 heterocycles. The quantitative estimate of drug-likeness (QED) is 0.739. The second kappa shape index (κ2) is 5.26. The number of aliphatic hydroxyl groups is 1. The molecule has 2 N–H and O–H groups in total. The normalized spacial score (nSPS) is 46.8. The van der Waals surface area contributed by atoms with Gasteiger partial charge in [-0.3, -0.25) is 4.90 Å². The standard InChI is InChI=1S/C21H34N2O3/c1-18(2)11-15(12-19(3,4)22-18)23-17(24)26-20(5,21(23,6)25)16-10-13-7-8-14(16)9-13/h7-8,13-16,22,25H,9-12H2,1-6H3/t13?,14?,16-,20?,21?/m0/s1. The van der Waals surface area contributed by atoms with E-state index in [0.29, 0.717) is 11.8 Å². The lowest BCUT2D eigenvalue weighted by molar-refractivity contribution is -0.177. The van der Waals surface area contributed by atoms with E-state index in [2.05, 4.69) is 45.2 Å². The van der Waals surface area contributed by atoms with Crippen LogP contribution in [0, 0.1) is 17.8 Å². The SMILES string of the molecule is CC1(C)CC(N2C(=O)OC(C)([C@H]3CC4C=CC3C4)C2(C)O)CC(C)(C)N1. The Bertz CT molecular complexity index is 638. The van der Waals surface area contributed by atoms with E-state index in [4.69, 9.17) is 4.74 Å². The second-order valence-corrected chi connectivity index (χ2v) is 10.7. The van der Waals surface area contributed by atoms with Crippen molar-refractivity contribution < 1.29 is 14.6 Å². The number of nitrogens with one attached hydrogen (secondary N) is 1. The Morgan fingerprint density at radius 3 is 2.19 bits per heavy atom. The molecular weight excluding hydrogens is 328 g/mol. The molecule has 5 nitrogen and oxygen atoms in total.